The minimum Gasteiger partial charge on any atom is -0.378 e. The summed E-state index contributed by atoms with van der Waals surface area (Å²) < 4.78 is 5.59. The zero-order valence-electron chi connectivity index (χ0n) is 12.2. The summed E-state index contributed by atoms with van der Waals surface area (Å²) in [6.45, 7) is 10.2. The van der Waals surface area contributed by atoms with Crippen LogP contribution in [0.4, 0.5) is 0 Å². The summed E-state index contributed by atoms with van der Waals surface area (Å²) in [6.07, 6.45) is 1.82. The maximum absolute atomic E-state index is 12.4. The Morgan fingerprint density at radius 2 is 2.00 bits per heavy atom. The molecule has 0 aromatic heterocycles. The topological polar surface area (TPSA) is 50.4 Å². The monoisotopic (exact) mass is 254 g/mol. The van der Waals surface area contributed by atoms with Gasteiger partial charge in [-0.2, -0.15) is 0 Å². The van der Waals surface area contributed by atoms with Gasteiger partial charge in [-0.15, -0.1) is 0 Å². The number of rotatable bonds is 3. The Labute approximate surface area is 110 Å². The highest BCUT2D eigenvalue weighted by atomic mass is 16.5. The van der Waals surface area contributed by atoms with Gasteiger partial charge in [-0.05, 0) is 33.2 Å². The van der Waals surface area contributed by atoms with E-state index in [1.807, 2.05) is 6.92 Å². The molecule has 104 valence electrons. The molecule has 1 saturated heterocycles. The molecule has 2 aliphatic rings. The average Bonchev–Trinajstić information content (AvgIpc) is 2.76. The van der Waals surface area contributed by atoms with Gasteiger partial charge in [-0.1, -0.05) is 13.8 Å². The highest BCUT2D eigenvalue weighted by Crippen LogP contribution is 2.51. The summed E-state index contributed by atoms with van der Waals surface area (Å²) in [5.41, 5.74) is -0.380. The second kappa shape index (κ2) is 4.20. The standard InChI is InChI=1S/C14H26N2O2/c1-12(2)10(8-14(12,4)18-5)16-11(17)13(3)6-7-15-9-13/h10,15H,6-9H2,1-5H3,(H,16,17)/t10-,13+,14-/m1/s1. The SMILES string of the molecule is CO[C@]1(C)C[C@@H](NC(=O)[C@@]2(C)CCNC2)C1(C)C. The summed E-state index contributed by atoms with van der Waals surface area (Å²) in [5, 5.41) is 6.49. The third kappa shape index (κ3) is 1.86. The molecule has 0 aromatic rings. The van der Waals surface area contributed by atoms with Crippen molar-refractivity contribution in [2.75, 3.05) is 20.2 Å². The molecule has 0 spiro atoms. The van der Waals surface area contributed by atoms with Crippen molar-refractivity contribution >= 4 is 5.91 Å². The van der Waals surface area contributed by atoms with Crippen molar-refractivity contribution in [3.05, 3.63) is 0 Å². The lowest BCUT2D eigenvalue weighted by Gasteiger charge is -2.59. The van der Waals surface area contributed by atoms with Crippen LogP contribution >= 0.6 is 0 Å². The number of hydrogen-bond acceptors (Lipinski definition) is 3. The van der Waals surface area contributed by atoms with E-state index in [1.165, 1.54) is 0 Å². The Kier molecular flexibility index (Phi) is 3.23. The molecule has 2 N–H and O–H groups in total. The largest absolute Gasteiger partial charge is 0.378 e. The number of amides is 1. The van der Waals surface area contributed by atoms with E-state index in [9.17, 15) is 4.79 Å². The first-order chi connectivity index (χ1) is 8.25. The van der Waals surface area contributed by atoms with Gasteiger partial charge in [0.2, 0.25) is 5.91 Å². The number of hydrogen-bond donors (Lipinski definition) is 2. The fourth-order valence-corrected chi connectivity index (χ4v) is 3.07. The quantitative estimate of drug-likeness (QED) is 0.798. The van der Waals surface area contributed by atoms with Gasteiger partial charge in [0, 0.05) is 25.1 Å². The van der Waals surface area contributed by atoms with E-state index in [0.717, 1.165) is 25.9 Å². The van der Waals surface area contributed by atoms with Crippen molar-refractivity contribution in [3.63, 3.8) is 0 Å². The van der Waals surface area contributed by atoms with Crippen LogP contribution in [0.25, 0.3) is 0 Å². The van der Waals surface area contributed by atoms with Crippen molar-refractivity contribution in [3.8, 4) is 0 Å². The summed E-state index contributed by atoms with van der Waals surface area (Å²) in [6, 6.07) is 0.215. The van der Waals surface area contributed by atoms with Gasteiger partial charge < -0.3 is 15.4 Å². The molecule has 2 rings (SSSR count). The highest BCUT2D eigenvalue weighted by Gasteiger charge is 2.58. The second-order valence-electron chi connectivity index (χ2n) is 6.87. The molecule has 1 heterocycles. The molecule has 4 nitrogen and oxygen atoms in total. The van der Waals surface area contributed by atoms with Gasteiger partial charge >= 0.3 is 0 Å². The van der Waals surface area contributed by atoms with Crippen LogP contribution < -0.4 is 10.6 Å². The van der Waals surface area contributed by atoms with Crippen molar-refractivity contribution in [1.82, 2.24) is 10.6 Å². The lowest BCUT2D eigenvalue weighted by Crippen LogP contribution is -2.69. The molecule has 1 aliphatic heterocycles. The average molecular weight is 254 g/mol. The van der Waals surface area contributed by atoms with E-state index in [4.69, 9.17) is 4.74 Å². The Bertz CT molecular complexity index is 348. The fraction of sp³-hybridized carbons (Fsp3) is 0.929. The van der Waals surface area contributed by atoms with Crippen LogP contribution in [0, 0.1) is 10.8 Å². The van der Waals surface area contributed by atoms with Gasteiger partial charge in [0.15, 0.2) is 0 Å². The van der Waals surface area contributed by atoms with E-state index < -0.39 is 0 Å². The normalized spacial score (nSPS) is 42.4. The Balaban J connectivity index is 1.98. The number of methoxy groups -OCH3 is 1. The van der Waals surface area contributed by atoms with E-state index in [1.54, 1.807) is 7.11 Å². The zero-order chi connectivity index (χ0) is 13.6. The van der Waals surface area contributed by atoms with Crippen molar-refractivity contribution < 1.29 is 9.53 Å². The molecule has 1 saturated carbocycles. The molecule has 1 amide bonds. The molecule has 4 heteroatoms. The van der Waals surface area contributed by atoms with E-state index in [-0.39, 0.29) is 28.4 Å². The van der Waals surface area contributed by atoms with E-state index in [0.29, 0.717) is 0 Å². The van der Waals surface area contributed by atoms with Crippen LogP contribution in [-0.2, 0) is 9.53 Å². The minimum atomic E-state index is -0.241. The summed E-state index contributed by atoms with van der Waals surface area (Å²) in [5.74, 6) is 0.184. The molecule has 2 fully saturated rings. The van der Waals surface area contributed by atoms with Gasteiger partial charge in [-0.3, -0.25) is 4.79 Å². The fourth-order valence-electron chi connectivity index (χ4n) is 3.07. The molecule has 0 bridgehead atoms. The maximum Gasteiger partial charge on any atom is 0.227 e. The van der Waals surface area contributed by atoms with Crippen LogP contribution in [0.1, 0.15) is 40.5 Å². The van der Waals surface area contributed by atoms with Crippen molar-refractivity contribution in [1.29, 1.82) is 0 Å². The van der Waals surface area contributed by atoms with E-state index in [2.05, 4.69) is 31.4 Å². The molecule has 0 unspecified atom stereocenters. The molecule has 0 aromatic carbocycles. The summed E-state index contributed by atoms with van der Waals surface area (Å²) in [7, 11) is 1.75. The van der Waals surface area contributed by atoms with E-state index >= 15 is 0 Å². The third-order valence-corrected chi connectivity index (χ3v) is 5.50. The van der Waals surface area contributed by atoms with Gasteiger partial charge in [-0.25, -0.2) is 0 Å². The first kappa shape index (κ1) is 13.8. The molecular formula is C14H26N2O2. The van der Waals surface area contributed by atoms with Crippen LogP contribution in [0.3, 0.4) is 0 Å². The summed E-state index contributed by atoms with van der Waals surface area (Å²) in [4.78, 5) is 12.4. The number of carbonyl (C=O) groups is 1. The van der Waals surface area contributed by atoms with Crippen LogP contribution in [0.15, 0.2) is 0 Å². The van der Waals surface area contributed by atoms with Gasteiger partial charge in [0.05, 0.1) is 11.0 Å². The maximum atomic E-state index is 12.4. The number of carbonyl (C=O) groups excluding carboxylic acids is 1. The predicted octanol–water partition coefficient (Wildman–Crippen LogP) is 1.31. The van der Waals surface area contributed by atoms with Crippen molar-refractivity contribution in [2.45, 2.75) is 52.2 Å². The third-order valence-electron chi connectivity index (χ3n) is 5.50. The summed E-state index contributed by atoms with van der Waals surface area (Å²) >= 11 is 0. The second-order valence-corrected chi connectivity index (χ2v) is 6.87. The first-order valence-electron chi connectivity index (χ1n) is 6.82. The Morgan fingerprint density at radius 3 is 2.44 bits per heavy atom. The van der Waals surface area contributed by atoms with Crippen LogP contribution in [0.5, 0.6) is 0 Å². The lowest BCUT2D eigenvalue weighted by molar-refractivity contribution is -0.184. The zero-order valence-corrected chi connectivity index (χ0v) is 12.2. The Hall–Kier alpha value is -0.610. The molecule has 3 atom stereocenters. The molecule has 0 radical (unpaired) electrons. The van der Waals surface area contributed by atoms with Crippen LogP contribution in [-0.4, -0.2) is 37.7 Å². The van der Waals surface area contributed by atoms with Gasteiger partial charge in [0.1, 0.15) is 0 Å². The van der Waals surface area contributed by atoms with Gasteiger partial charge in [0.25, 0.3) is 0 Å². The smallest absolute Gasteiger partial charge is 0.227 e. The highest BCUT2D eigenvalue weighted by molar-refractivity contribution is 5.83. The molecular weight excluding hydrogens is 228 g/mol. The first-order valence-corrected chi connectivity index (χ1v) is 6.82. The number of ether oxygens (including phenoxy) is 1. The molecule has 18 heavy (non-hydrogen) atoms. The van der Waals surface area contributed by atoms with Crippen molar-refractivity contribution in [2.24, 2.45) is 10.8 Å². The number of nitrogens with one attached hydrogen (secondary N) is 2. The molecule has 1 aliphatic carbocycles. The minimum absolute atomic E-state index is 0.0141. The van der Waals surface area contributed by atoms with Crippen LogP contribution in [0.2, 0.25) is 0 Å². The Morgan fingerprint density at radius 1 is 1.33 bits per heavy atom. The predicted molar refractivity (Wildman–Crippen MR) is 71.3 cm³/mol. The lowest BCUT2D eigenvalue weighted by atomic mass is 9.55.